The summed E-state index contributed by atoms with van der Waals surface area (Å²) in [6.45, 7) is 6.46. The van der Waals surface area contributed by atoms with Gasteiger partial charge in [0.2, 0.25) is 0 Å². The van der Waals surface area contributed by atoms with Crippen LogP contribution >= 0.6 is 0 Å². The molecule has 0 spiro atoms. The molecule has 0 atom stereocenters. The first kappa shape index (κ1) is 8.98. The Morgan fingerprint density at radius 1 is 1.13 bits per heavy atom. The Bertz CT molecular complexity index is 523. The number of benzene rings is 1. The number of nitrogens with one attached hydrogen (secondary N) is 2. The second-order valence-electron chi connectivity index (χ2n) is 4.49. The Morgan fingerprint density at radius 3 is 2.80 bits per heavy atom. The van der Waals surface area contributed by atoms with Crippen molar-refractivity contribution in [2.75, 3.05) is 6.54 Å². The molecule has 0 amide bonds. The molecular formula is C13H16N2. The van der Waals surface area contributed by atoms with Crippen molar-refractivity contribution >= 4 is 10.9 Å². The minimum Gasteiger partial charge on any atom is -0.357 e. The predicted molar refractivity (Wildman–Crippen MR) is 63.2 cm³/mol. The summed E-state index contributed by atoms with van der Waals surface area (Å²) in [4.78, 5) is 3.52. The topological polar surface area (TPSA) is 27.8 Å². The van der Waals surface area contributed by atoms with E-state index in [1.54, 1.807) is 0 Å². The highest BCUT2D eigenvalue weighted by Gasteiger charge is 2.15. The fourth-order valence-electron chi connectivity index (χ4n) is 2.43. The maximum absolute atomic E-state index is 3.52. The van der Waals surface area contributed by atoms with Crippen molar-refractivity contribution < 1.29 is 0 Å². The van der Waals surface area contributed by atoms with Crippen LogP contribution in [0.3, 0.4) is 0 Å². The maximum atomic E-state index is 3.52. The molecule has 0 aliphatic carbocycles. The molecule has 0 radical (unpaired) electrons. The normalized spacial score (nSPS) is 15.6. The first-order valence-corrected chi connectivity index (χ1v) is 5.57. The molecule has 3 rings (SSSR count). The van der Waals surface area contributed by atoms with Gasteiger partial charge in [-0.2, -0.15) is 0 Å². The molecule has 1 aromatic heterocycles. The number of aryl methyl sites for hydroxylation is 2. The van der Waals surface area contributed by atoms with Gasteiger partial charge in [0, 0.05) is 23.1 Å². The van der Waals surface area contributed by atoms with E-state index in [0.29, 0.717) is 0 Å². The lowest BCUT2D eigenvalue weighted by Gasteiger charge is -2.12. The third-order valence-electron chi connectivity index (χ3n) is 3.46. The van der Waals surface area contributed by atoms with E-state index in [0.717, 1.165) is 19.5 Å². The Kier molecular flexibility index (Phi) is 1.86. The number of hydrogen-bond donors (Lipinski definition) is 2. The SMILES string of the molecule is Cc1cc2[nH]c3c(c2cc1C)CCNC3. The molecular weight excluding hydrogens is 184 g/mol. The maximum Gasteiger partial charge on any atom is 0.0462 e. The van der Waals surface area contributed by atoms with Crippen LogP contribution in [0.5, 0.6) is 0 Å². The molecule has 1 aliphatic heterocycles. The molecule has 0 bridgehead atoms. The van der Waals surface area contributed by atoms with Gasteiger partial charge in [-0.15, -0.1) is 0 Å². The Morgan fingerprint density at radius 2 is 1.93 bits per heavy atom. The zero-order chi connectivity index (χ0) is 10.4. The van der Waals surface area contributed by atoms with E-state index in [1.807, 2.05) is 0 Å². The number of aromatic amines is 1. The number of hydrogen-bond acceptors (Lipinski definition) is 1. The fourth-order valence-corrected chi connectivity index (χ4v) is 2.43. The van der Waals surface area contributed by atoms with E-state index in [9.17, 15) is 0 Å². The van der Waals surface area contributed by atoms with Crippen molar-refractivity contribution in [2.45, 2.75) is 26.8 Å². The molecule has 2 nitrogen and oxygen atoms in total. The molecule has 0 fully saturated rings. The average molecular weight is 200 g/mol. The van der Waals surface area contributed by atoms with Gasteiger partial charge in [0.15, 0.2) is 0 Å². The largest absolute Gasteiger partial charge is 0.357 e. The highest BCUT2D eigenvalue weighted by Crippen LogP contribution is 2.27. The van der Waals surface area contributed by atoms with E-state index in [-0.39, 0.29) is 0 Å². The molecule has 0 unspecified atom stereocenters. The van der Waals surface area contributed by atoms with Crippen LogP contribution in [0.2, 0.25) is 0 Å². The lowest BCUT2D eigenvalue weighted by atomic mass is 10.0. The second kappa shape index (κ2) is 3.11. The summed E-state index contributed by atoms with van der Waals surface area (Å²) < 4.78 is 0. The quantitative estimate of drug-likeness (QED) is 0.671. The smallest absolute Gasteiger partial charge is 0.0462 e. The van der Waals surface area contributed by atoms with Crippen molar-refractivity contribution in [3.63, 3.8) is 0 Å². The van der Waals surface area contributed by atoms with Gasteiger partial charge < -0.3 is 10.3 Å². The van der Waals surface area contributed by atoms with Gasteiger partial charge in [-0.25, -0.2) is 0 Å². The number of aromatic nitrogens is 1. The van der Waals surface area contributed by atoms with Crippen LogP contribution in [-0.4, -0.2) is 11.5 Å². The summed E-state index contributed by atoms with van der Waals surface area (Å²) in [5.74, 6) is 0. The van der Waals surface area contributed by atoms with Gasteiger partial charge in [0.05, 0.1) is 0 Å². The van der Waals surface area contributed by atoms with E-state index < -0.39 is 0 Å². The van der Waals surface area contributed by atoms with Crippen LogP contribution in [-0.2, 0) is 13.0 Å². The van der Waals surface area contributed by atoms with E-state index in [2.05, 4.69) is 36.3 Å². The summed E-state index contributed by atoms with van der Waals surface area (Å²) in [6, 6.07) is 4.59. The number of rotatable bonds is 0. The monoisotopic (exact) mass is 200 g/mol. The third-order valence-corrected chi connectivity index (χ3v) is 3.46. The highest BCUT2D eigenvalue weighted by atomic mass is 14.9. The molecule has 2 aromatic rings. The van der Waals surface area contributed by atoms with E-state index >= 15 is 0 Å². The summed E-state index contributed by atoms with van der Waals surface area (Å²) in [6.07, 6.45) is 1.15. The molecule has 0 saturated heterocycles. The van der Waals surface area contributed by atoms with Gasteiger partial charge in [0.25, 0.3) is 0 Å². The molecule has 78 valence electrons. The lowest BCUT2D eigenvalue weighted by Crippen LogP contribution is -2.22. The van der Waals surface area contributed by atoms with Crippen molar-refractivity contribution in [3.8, 4) is 0 Å². The van der Waals surface area contributed by atoms with Gasteiger partial charge in [-0.3, -0.25) is 0 Å². The molecule has 2 N–H and O–H groups in total. The second-order valence-corrected chi connectivity index (χ2v) is 4.49. The third kappa shape index (κ3) is 1.29. The summed E-state index contributed by atoms with van der Waals surface area (Å²) >= 11 is 0. The fraction of sp³-hybridized carbons (Fsp3) is 0.385. The molecule has 2 heteroatoms. The zero-order valence-electron chi connectivity index (χ0n) is 9.28. The first-order chi connectivity index (χ1) is 7.25. The van der Waals surface area contributed by atoms with Crippen LogP contribution in [0.25, 0.3) is 10.9 Å². The molecule has 0 saturated carbocycles. The Labute approximate surface area is 89.7 Å². The van der Waals surface area contributed by atoms with Gasteiger partial charge in [0.1, 0.15) is 0 Å². The van der Waals surface area contributed by atoms with Crippen LogP contribution in [0, 0.1) is 13.8 Å². The molecule has 2 heterocycles. The standard InChI is InChI=1S/C13H16N2/c1-8-5-11-10-3-4-14-7-13(10)15-12(11)6-9(8)2/h5-6,14-15H,3-4,7H2,1-2H3. The minimum atomic E-state index is 0.988. The summed E-state index contributed by atoms with van der Waals surface area (Å²) in [5, 5.41) is 4.83. The molecule has 15 heavy (non-hydrogen) atoms. The zero-order valence-corrected chi connectivity index (χ0v) is 9.28. The number of H-pyrrole nitrogens is 1. The average Bonchev–Trinajstić information content (AvgIpc) is 2.57. The number of fused-ring (bicyclic) bond motifs is 3. The van der Waals surface area contributed by atoms with Crippen LogP contribution in [0.1, 0.15) is 22.4 Å². The van der Waals surface area contributed by atoms with Gasteiger partial charge >= 0.3 is 0 Å². The molecule has 1 aromatic carbocycles. The minimum absolute atomic E-state index is 0.988. The van der Waals surface area contributed by atoms with Gasteiger partial charge in [-0.1, -0.05) is 0 Å². The summed E-state index contributed by atoms with van der Waals surface area (Å²) in [5.41, 5.74) is 6.96. The van der Waals surface area contributed by atoms with Crippen LogP contribution in [0.15, 0.2) is 12.1 Å². The Balaban J connectivity index is 2.33. The van der Waals surface area contributed by atoms with Crippen LogP contribution in [0.4, 0.5) is 0 Å². The van der Waals surface area contributed by atoms with Crippen molar-refractivity contribution in [1.29, 1.82) is 0 Å². The first-order valence-electron chi connectivity index (χ1n) is 5.57. The van der Waals surface area contributed by atoms with Gasteiger partial charge in [-0.05, 0) is 55.6 Å². The Hall–Kier alpha value is -1.28. The highest BCUT2D eigenvalue weighted by molar-refractivity contribution is 5.86. The summed E-state index contributed by atoms with van der Waals surface area (Å²) in [7, 11) is 0. The van der Waals surface area contributed by atoms with Crippen molar-refractivity contribution in [1.82, 2.24) is 10.3 Å². The molecule has 1 aliphatic rings. The van der Waals surface area contributed by atoms with E-state index in [1.165, 1.54) is 33.3 Å². The van der Waals surface area contributed by atoms with Crippen molar-refractivity contribution in [2.24, 2.45) is 0 Å². The lowest BCUT2D eigenvalue weighted by molar-refractivity contribution is 0.637. The van der Waals surface area contributed by atoms with Crippen molar-refractivity contribution in [3.05, 3.63) is 34.5 Å². The van der Waals surface area contributed by atoms with Crippen LogP contribution < -0.4 is 5.32 Å². The predicted octanol–water partition coefficient (Wildman–Crippen LogP) is 2.43. The van der Waals surface area contributed by atoms with E-state index in [4.69, 9.17) is 0 Å².